The van der Waals surface area contributed by atoms with E-state index in [-0.39, 0.29) is 5.76 Å². The highest BCUT2D eigenvalue weighted by atomic mass is 16.4. The summed E-state index contributed by atoms with van der Waals surface area (Å²) in [7, 11) is 4.19. The van der Waals surface area contributed by atoms with Crippen LogP contribution in [0, 0.1) is 0 Å². The van der Waals surface area contributed by atoms with Crippen molar-refractivity contribution in [3.8, 4) is 0 Å². The van der Waals surface area contributed by atoms with Gasteiger partial charge >= 0.3 is 5.97 Å². The number of nitrogens with zero attached hydrogens (tertiary/aromatic N) is 2. The number of hydrogen-bond donors (Lipinski definition) is 1. The lowest BCUT2D eigenvalue weighted by molar-refractivity contribution is 0.0658. The van der Waals surface area contributed by atoms with Crippen molar-refractivity contribution in [2.45, 2.75) is 25.4 Å². The summed E-state index contributed by atoms with van der Waals surface area (Å²) in [5, 5.41) is 8.78. The number of carboxylic acid groups (broad SMARTS) is 1. The van der Waals surface area contributed by atoms with Crippen LogP contribution in [0.5, 0.6) is 0 Å². The van der Waals surface area contributed by atoms with E-state index < -0.39 is 5.97 Å². The Hall–Kier alpha value is -1.33. The molecule has 2 heterocycles. The maximum atomic E-state index is 10.7. The summed E-state index contributed by atoms with van der Waals surface area (Å²) in [4.78, 5) is 15.3. The zero-order chi connectivity index (χ0) is 13.1. The number of aromatic carboxylic acids is 1. The molecule has 2 rings (SSSR count). The van der Waals surface area contributed by atoms with Gasteiger partial charge in [0.25, 0.3) is 0 Å². The van der Waals surface area contributed by atoms with E-state index in [4.69, 9.17) is 9.52 Å². The van der Waals surface area contributed by atoms with Gasteiger partial charge in [0, 0.05) is 12.6 Å². The second kappa shape index (κ2) is 5.54. The van der Waals surface area contributed by atoms with Crippen LogP contribution in [0.2, 0.25) is 0 Å². The van der Waals surface area contributed by atoms with Crippen molar-refractivity contribution in [1.29, 1.82) is 0 Å². The highest BCUT2D eigenvalue weighted by Gasteiger charge is 2.22. The molecule has 1 unspecified atom stereocenters. The van der Waals surface area contributed by atoms with Gasteiger partial charge in [-0.05, 0) is 45.6 Å². The van der Waals surface area contributed by atoms with Crippen LogP contribution < -0.4 is 0 Å². The molecule has 1 aliphatic heterocycles. The van der Waals surface area contributed by atoms with E-state index in [9.17, 15) is 4.79 Å². The van der Waals surface area contributed by atoms with Crippen molar-refractivity contribution >= 4 is 5.97 Å². The fourth-order valence-corrected chi connectivity index (χ4v) is 2.48. The summed E-state index contributed by atoms with van der Waals surface area (Å²) in [6, 6.07) is 3.84. The summed E-state index contributed by atoms with van der Waals surface area (Å²) >= 11 is 0. The molecule has 100 valence electrons. The molecule has 0 bridgehead atoms. The van der Waals surface area contributed by atoms with E-state index >= 15 is 0 Å². The zero-order valence-corrected chi connectivity index (χ0v) is 10.9. The van der Waals surface area contributed by atoms with Gasteiger partial charge in [0.1, 0.15) is 5.76 Å². The number of rotatable bonds is 5. The van der Waals surface area contributed by atoms with Crippen molar-refractivity contribution in [1.82, 2.24) is 9.80 Å². The van der Waals surface area contributed by atoms with E-state index in [1.54, 1.807) is 6.07 Å². The normalized spacial score (nSPS) is 20.7. The fourth-order valence-electron chi connectivity index (χ4n) is 2.48. The van der Waals surface area contributed by atoms with Gasteiger partial charge in [0.15, 0.2) is 0 Å². The summed E-state index contributed by atoms with van der Waals surface area (Å²) in [5.74, 6) is -0.300. The summed E-state index contributed by atoms with van der Waals surface area (Å²) in [6.45, 7) is 2.81. The van der Waals surface area contributed by atoms with Crippen LogP contribution in [0.4, 0.5) is 0 Å². The fraction of sp³-hybridized carbons (Fsp3) is 0.615. The van der Waals surface area contributed by atoms with Gasteiger partial charge in [0.2, 0.25) is 5.76 Å². The molecule has 5 heteroatoms. The minimum atomic E-state index is -1.01. The Bertz CT molecular complexity index is 416. The van der Waals surface area contributed by atoms with Crippen molar-refractivity contribution in [3.63, 3.8) is 0 Å². The van der Waals surface area contributed by atoms with Gasteiger partial charge in [-0.15, -0.1) is 0 Å². The molecule has 18 heavy (non-hydrogen) atoms. The predicted octanol–water partition coefficient (Wildman–Crippen LogP) is 1.50. The predicted molar refractivity (Wildman–Crippen MR) is 67.7 cm³/mol. The molecule has 1 aromatic heterocycles. The van der Waals surface area contributed by atoms with E-state index in [1.165, 1.54) is 25.5 Å². The van der Waals surface area contributed by atoms with Gasteiger partial charge in [-0.1, -0.05) is 0 Å². The van der Waals surface area contributed by atoms with Gasteiger partial charge in [-0.3, -0.25) is 4.90 Å². The Balaban J connectivity index is 1.86. The zero-order valence-electron chi connectivity index (χ0n) is 10.9. The highest BCUT2D eigenvalue weighted by Crippen LogP contribution is 2.17. The van der Waals surface area contributed by atoms with Crippen molar-refractivity contribution in [2.24, 2.45) is 0 Å². The van der Waals surface area contributed by atoms with Crippen LogP contribution in [-0.4, -0.2) is 54.1 Å². The first-order valence-electron chi connectivity index (χ1n) is 6.27. The van der Waals surface area contributed by atoms with Crippen LogP contribution >= 0.6 is 0 Å². The first-order chi connectivity index (χ1) is 8.56. The number of furan rings is 1. The van der Waals surface area contributed by atoms with E-state index in [0.29, 0.717) is 18.3 Å². The van der Waals surface area contributed by atoms with E-state index in [0.717, 1.165) is 6.54 Å². The van der Waals surface area contributed by atoms with Crippen LogP contribution in [-0.2, 0) is 6.54 Å². The van der Waals surface area contributed by atoms with Gasteiger partial charge in [-0.25, -0.2) is 4.79 Å². The molecular weight excluding hydrogens is 232 g/mol. The molecule has 1 saturated heterocycles. The molecule has 1 fully saturated rings. The first-order valence-corrected chi connectivity index (χ1v) is 6.27. The second-order valence-electron chi connectivity index (χ2n) is 5.04. The maximum Gasteiger partial charge on any atom is 0.371 e. The van der Waals surface area contributed by atoms with E-state index in [2.05, 4.69) is 16.8 Å². The molecule has 1 atom stereocenters. The average molecular weight is 252 g/mol. The van der Waals surface area contributed by atoms with Gasteiger partial charge < -0.3 is 14.4 Å². The molecule has 0 amide bonds. The molecule has 0 spiro atoms. The Morgan fingerprint density at radius 3 is 2.94 bits per heavy atom. The Labute approximate surface area is 107 Å². The molecule has 1 aromatic rings. The minimum absolute atomic E-state index is 0.0105. The summed E-state index contributed by atoms with van der Waals surface area (Å²) in [5.41, 5.74) is 0. The molecule has 5 nitrogen and oxygen atoms in total. The SMILES string of the molecule is CN(Cc1ccc(C(=O)O)o1)CC1CCCN1C. The highest BCUT2D eigenvalue weighted by molar-refractivity contribution is 5.84. The van der Waals surface area contributed by atoms with Crippen molar-refractivity contribution in [3.05, 3.63) is 23.7 Å². The number of hydrogen-bond acceptors (Lipinski definition) is 4. The second-order valence-corrected chi connectivity index (χ2v) is 5.04. The van der Waals surface area contributed by atoms with Crippen molar-refractivity contribution < 1.29 is 14.3 Å². The summed E-state index contributed by atoms with van der Waals surface area (Å²) < 4.78 is 5.25. The van der Waals surface area contributed by atoms with Gasteiger partial charge in [0.05, 0.1) is 6.54 Å². The maximum absolute atomic E-state index is 10.7. The van der Waals surface area contributed by atoms with Crippen LogP contribution in [0.3, 0.4) is 0 Å². The number of carbonyl (C=O) groups is 1. The summed E-state index contributed by atoms with van der Waals surface area (Å²) in [6.07, 6.45) is 2.50. The molecule has 0 aromatic carbocycles. The smallest absolute Gasteiger partial charge is 0.371 e. The molecule has 0 radical (unpaired) electrons. The van der Waals surface area contributed by atoms with Crippen LogP contribution in [0.15, 0.2) is 16.5 Å². The van der Waals surface area contributed by atoms with Crippen molar-refractivity contribution in [2.75, 3.05) is 27.2 Å². The lowest BCUT2D eigenvalue weighted by Gasteiger charge is -2.25. The first kappa shape index (κ1) is 13.1. The molecule has 0 aliphatic carbocycles. The van der Waals surface area contributed by atoms with E-state index in [1.807, 2.05) is 7.05 Å². The lowest BCUT2D eigenvalue weighted by Crippen LogP contribution is -2.36. The van der Waals surface area contributed by atoms with Gasteiger partial charge in [-0.2, -0.15) is 0 Å². The monoisotopic (exact) mass is 252 g/mol. The Morgan fingerprint density at radius 2 is 2.39 bits per heavy atom. The van der Waals surface area contributed by atoms with Crippen LogP contribution in [0.1, 0.15) is 29.2 Å². The topological polar surface area (TPSA) is 56.9 Å². The number of likely N-dealkylation sites (tertiary alicyclic amines) is 1. The number of carboxylic acids is 1. The Morgan fingerprint density at radius 1 is 1.61 bits per heavy atom. The minimum Gasteiger partial charge on any atom is -0.475 e. The third-order valence-corrected chi connectivity index (χ3v) is 3.49. The number of likely N-dealkylation sites (N-methyl/N-ethyl adjacent to an activating group) is 2. The molecule has 1 aliphatic rings. The molecule has 1 N–H and O–H groups in total. The largest absolute Gasteiger partial charge is 0.475 e. The standard InChI is InChI=1S/C13H20N2O3/c1-14(8-10-4-3-7-15(10)2)9-11-5-6-12(18-11)13(16)17/h5-6,10H,3-4,7-9H2,1-2H3,(H,16,17). The van der Waals surface area contributed by atoms with Crippen LogP contribution in [0.25, 0.3) is 0 Å². The third-order valence-electron chi connectivity index (χ3n) is 3.49. The quantitative estimate of drug-likeness (QED) is 0.860. The molecular formula is C13H20N2O3. The lowest BCUT2D eigenvalue weighted by atomic mass is 10.2. The average Bonchev–Trinajstić information content (AvgIpc) is 2.89. The third kappa shape index (κ3) is 3.11. The Kier molecular flexibility index (Phi) is 4.04. The molecule has 0 saturated carbocycles.